The van der Waals surface area contributed by atoms with Crippen LogP contribution in [0.25, 0.3) is 11.3 Å². The Labute approximate surface area is 161 Å². The van der Waals surface area contributed by atoms with Gasteiger partial charge in [-0.3, -0.25) is 0 Å². The van der Waals surface area contributed by atoms with Crippen molar-refractivity contribution in [1.82, 2.24) is 9.97 Å². The molecule has 3 nitrogen and oxygen atoms in total. The summed E-state index contributed by atoms with van der Waals surface area (Å²) in [4.78, 5) is 7.95. The molecule has 0 fully saturated rings. The van der Waals surface area contributed by atoms with Gasteiger partial charge in [0.05, 0.1) is 6.20 Å². The van der Waals surface area contributed by atoms with Gasteiger partial charge >= 0.3 is 0 Å². The Morgan fingerprint density at radius 2 is 1.88 bits per heavy atom. The van der Waals surface area contributed by atoms with Crippen molar-refractivity contribution in [1.29, 1.82) is 0 Å². The van der Waals surface area contributed by atoms with E-state index in [9.17, 15) is 13.2 Å². The maximum Gasteiger partial charge on any atom is 0.227 e. The van der Waals surface area contributed by atoms with Crippen molar-refractivity contribution in [3.63, 3.8) is 0 Å². The Balaban J connectivity index is 1.95. The van der Waals surface area contributed by atoms with Crippen LogP contribution >= 0.6 is 27.7 Å². The van der Waals surface area contributed by atoms with Crippen molar-refractivity contribution >= 4 is 39.3 Å². The number of halogens is 4. The molecule has 0 bridgehead atoms. The maximum absolute atomic E-state index is 14.1. The molecule has 1 heterocycles. The molecular weight excluding hydrogens is 427 g/mol. The predicted molar refractivity (Wildman–Crippen MR) is 102 cm³/mol. The molecule has 3 rings (SSSR count). The molecule has 0 radical (unpaired) electrons. The van der Waals surface area contributed by atoms with Crippen molar-refractivity contribution in [2.75, 3.05) is 11.6 Å². The molecule has 0 aliphatic carbocycles. The number of benzene rings is 2. The molecule has 0 amide bonds. The Kier molecular flexibility index (Phi) is 5.83. The quantitative estimate of drug-likeness (QED) is 0.534. The SMILES string of the molecule is CSCc1cc(Br)cc(Nc2ncc(F)c(-c3ccc(F)cc3F)n2)c1. The molecule has 8 heteroatoms. The summed E-state index contributed by atoms with van der Waals surface area (Å²) in [6.45, 7) is 0. The number of hydrogen-bond acceptors (Lipinski definition) is 4. The van der Waals surface area contributed by atoms with Gasteiger partial charge in [-0.1, -0.05) is 15.9 Å². The first-order valence-corrected chi connectivity index (χ1v) is 9.68. The first-order valence-electron chi connectivity index (χ1n) is 7.49. The molecule has 1 N–H and O–H groups in total. The predicted octanol–water partition coefficient (Wildman–Crippen LogP) is 5.93. The topological polar surface area (TPSA) is 37.8 Å². The van der Waals surface area contributed by atoms with Gasteiger partial charge < -0.3 is 5.32 Å². The van der Waals surface area contributed by atoms with Crippen LogP contribution in [0.15, 0.2) is 47.1 Å². The van der Waals surface area contributed by atoms with E-state index >= 15 is 0 Å². The van der Waals surface area contributed by atoms with E-state index in [1.165, 1.54) is 0 Å². The van der Waals surface area contributed by atoms with Crippen molar-refractivity contribution in [2.45, 2.75) is 5.75 Å². The van der Waals surface area contributed by atoms with Crippen LogP contribution < -0.4 is 5.32 Å². The molecule has 0 atom stereocenters. The fraction of sp³-hybridized carbons (Fsp3) is 0.111. The lowest BCUT2D eigenvalue weighted by Gasteiger charge is -2.10. The van der Waals surface area contributed by atoms with Crippen LogP contribution in [-0.2, 0) is 5.75 Å². The van der Waals surface area contributed by atoms with Crippen LogP contribution in [0.5, 0.6) is 0 Å². The van der Waals surface area contributed by atoms with E-state index in [-0.39, 0.29) is 17.2 Å². The van der Waals surface area contributed by atoms with E-state index in [2.05, 4.69) is 31.2 Å². The number of aromatic nitrogens is 2. The number of hydrogen-bond donors (Lipinski definition) is 1. The summed E-state index contributed by atoms with van der Waals surface area (Å²) >= 11 is 5.12. The first-order chi connectivity index (χ1) is 12.5. The van der Waals surface area contributed by atoms with Crippen LogP contribution in [0.1, 0.15) is 5.56 Å². The lowest BCUT2D eigenvalue weighted by atomic mass is 10.1. The van der Waals surface area contributed by atoms with E-state index in [0.717, 1.165) is 34.1 Å². The number of nitrogens with zero attached hydrogens (tertiary/aromatic N) is 2. The second-order valence-electron chi connectivity index (χ2n) is 5.42. The minimum Gasteiger partial charge on any atom is -0.324 e. The standard InChI is InChI=1S/C18H13BrF3N3S/c1-26-9-10-4-11(19)6-13(5-10)24-18-23-8-16(22)17(25-18)14-3-2-12(20)7-15(14)21/h2-8H,9H2,1H3,(H,23,24,25). The molecule has 0 aliphatic heterocycles. The average molecular weight is 440 g/mol. The van der Waals surface area contributed by atoms with E-state index in [1.807, 2.05) is 24.5 Å². The van der Waals surface area contributed by atoms with Gasteiger partial charge in [0.25, 0.3) is 0 Å². The van der Waals surface area contributed by atoms with E-state index < -0.39 is 17.5 Å². The molecule has 0 aliphatic rings. The zero-order valence-electron chi connectivity index (χ0n) is 13.6. The van der Waals surface area contributed by atoms with E-state index in [0.29, 0.717) is 11.8 Å². The molecule has 0 spiro atoms. The third-order valence-electron chi connectivity index (χ3n) is 3.46. The summed E-state index contributed by atoms with van der Waals surface area (Å²) in [6, 6.07) is 8.63. The summed E-state index contributed by atoms with van der Waals surface area (Å²) < 4.78 is 42.0. The second kappa shape index (κ2) is 8.09. The fourth-order valence-corrected chi connectivity index (χ4v) is 3.44. The van der Waals surface area contributed by atoms with E-state index in [1.54, 1.807) is 11.8 Å². The van der Waals surface area contributed by atoms with Crippen molar-refractivity contribution in [2.24, 2.45) is 0 Å². The van der Waals surface area contributed by atoms with Gasteiger partial charge in [0.1, 0.15) is 17.3 Å². The van der Waals surface area contributed by atoms with Gasteiger partial charge in [0.2, 0.25) is 5.95 Å². The van der Waals surface area contributed by atoms with Crippen LogP contribution in [0, 0.1) is 17.5 Å². The number of anilines is 2. The molecule has 3 aromatic rings. The third kappa shape index (κ3) is 4.37. The smallest absolute Gasteiger partial charge is 0.227 e. The largest absolute Gasteiger partial charge is 0.324 e. The highest BCUT2D eigenvalue weighted by molar-refractivity contribution is 9.10. The monoisotopic (exact) mass is 439 g/mol. The third-order valence-corrected chi connectivity index (χ3v) is 4.53. The normalized spacial score (nSPS) is 10.8. The van der Waals surface area contributed by atoms with Crippen molar-refractivity contribution < 1.29 is 13.2 Å². The number of nitrogens with one attached hydrogen (secondary N) is 1. The highest BCUT2D eigenvalue weighted by Crippen LogP contribution is 2.27. The molecule has 0 saturated carbocycles. The number of thioether (sulfide) groups is 1. The Morgan fingerprint density at radius 3 is 2.62 bits per heavy atom. The average Bonchev–Trinajstić information content (AvgIpc) is 2.57. The highest BCUT2D eigenvalue weighted by Gasteiger charge is 2.15. The highest BCUT2D eigenvalue weighted by atomic mass is 79.9. The van der Waals surface area contributed by atoms with Crippen LogP contribution in [-0.4, -0.2) is 16.2 Å². The van der Waals surface area contributed by atoms with Gasteiger partial charge in [0.15, 0.2) is 5.82 Å². The second-order valence-corrected chi connectivity index (χ2v) is 7.20. The zero-order valence-corrected chi connectivity index (χ0v) is 16.0. The molecule has 26 heavy (non-hydrogen) atoms. The Bertz CT molecular complexity index is 953. The van der Waals surface area contributed by atoms with Gasteiger partial charge in [-0.15, -0.1) is 0 Å². The van der Waals surface area contributed by atoms with Crippen LogP contribution in [0.2, 0.25) is 0 Å². The molecule has 134 valence electrons. The Hall–Kier alpha value is -2.06. The van der Waals surface area contributed by atoms with Gasteiger partial charge in [0, 0.05) is 27.5 Å². The lowest BCUT2D eigenvalue weighted by Crippen LogP contribution is -2.02. The molecule has 2 aromatic carbocycles. The summed E-state index contributed by atoms with van der Waals surface area (Å²) in [5.74, 6) is -1.49. The van der Waals surface area contributed by atoms with E-state index in [4.69, 9.17) is 0 Å². The number of rotatable bonds is 5. The van der Waals surface area contributed by atoms with Crippen molar-refractivity contribution in [3.05, 3.63) is 70.1 Å². The zero-order chi connectivity index (χ0) is 18.7. The fourth-order valence-electron chi connectivity index (χ4n) is 2.40. The van der Waals surface area contributed by atoms with Crippen molar-refractivity contribution in [3.8, 4) is 11.3 Å². The lowest BCUT2D eigenvalue weighted by molar-refractivity contribution is 0.580. The molecule has 1 aromatic heterocycles. The van der Waals surface area contributed by atoms with Gasteiger partial charge in [-0.25, -0.2) is 23.1 Å². The molecular formula is C18H13BrF3N3S. The minimum absolute atomic E-state index is 0.110. The summed E-state index contributed by atoms with van der Waals surface area (Å²) in [5.41, 5.74) is 1.42. The summed E-state index contributed by atoms with van der Waals surface area (Å²) in [6.07, 6.45) is 2.95. The maximum atomic E-state index is 14.1. The summed E-state index contributed by atoms with van der Waals surface area (Å²) in [7, 11) is 0. The van der Waals surface area contributed by atoms with Gasteiger partial charge in [-0.05, 0) is 42.2 Å². The molecule has 0 saturated heterocycles. The minimum atomic E-state index is -0.890. The van der Waals surface area contributed by atoms with Crippen LogP contribution in [0.4, 0.5) is 24.8 Å². The first kappa shape index (κ1) is 18.7. The summed E-state index contributed by atoms with van der Waals surface area (Å²) in [5, 5.41) is 2.99. The Morgan fingerprint density at radius 1 is 1.08 bits per heavy atom. The van der Waals surface area contributed by atoms with Crippen LogP contribution in [0.3, 0.4) is 0 Å². The molecule has 0 unspecified atom stereocenters. The van der Waals surface area contributed by atoms with Gasteiger partial charge in [-0.2, -0.15) is 11.8 Å².